The van der Waals surface area contributed by atoms with Crippen LogP contribution in [0.3, 0.4) is 0 Å². The number of benzene rings is 1. The Morgan fingerprint density at radius 2 is 1.89 bits per heavy atom. The van der Waals surface area contributed by atoms with E-state index >= 15 is 0 Å². The molecule has 1 N–H and O–H groups in total. The van der Waals surface area contributed by atoms with Crippen LogP contribution >= 0.6 is 22.6 Å². The number of nitrogens with one attached hydrogen (secondary N) is 1. The van der Waals surface area contributed by atoms with Crippen LogP contribution in [0.2, 0.25) is 0 Å². The van der Waals surface area contributed by atoms with E-state index in [1.807, 2.05) is 20.8 Å². The molecule has 1 aromatic carbocycles. The molecule has 0 aliphatic heterocycles. The Morgan fingerprint density at radius 1 is 1.28 bits per heavy atom. The minimum absolute atomic E-state index is 0.102. The zero-order chi connectivity index (χ0) is 13.9. The number of hydrogen-bond donors (Lipinski definition) is 1. The molecule has 18 heavy (non-hydrogen) atoms. The van der Waals surface area contributed by atoms with Crippen molar-refractivity contribution in [3.63, 3.8) is 0 Å². The first-order chi connectivity index (χ1) is 8.27. The maximum absolute atomic E-state index is 12.1. The highest BCUT2D eigenvalue weighted by atomic mass is 127. The summed E-state index contributed by atoms with van der Waals surface area (Å²) in [5.41, 5.74) is 0. The quantitative estimate of drug-likeness (QED) is 0.796. The third-order valence-electron chi connectivity index (χ3n) is 2.77. The van der Waals surface area contributed by atoms with Crippen molar-refractivity contribution in [3.05, 3.63) is 21.8 Å². The minimum atomic E-state index is -3.46. The second-order valence-electron chi connectivity index (χ2n) is 4.45. The van der Waals surface area contributed by atoms with E-state index in [1.54, 1.807) is 25.3 Å². The van der Waals surface area contributed by atoms with Crippen molar-refractivity contribution in [1.29, 1.82) is 0 Å². The van der Waals surface area contributed by atoms with Gasteiger partial charge in [-0.2, -0.15) is 0 Å². The van der Waals surface area contributed by atoms with Crippen molar-refractivity contribution in [1.82, 2.24) is 4.72 Å². The zero-order valence-electron chi connectivity index (χ0n) is 10.9. The fourth-order valence-electron chi connectivity index (χ4n) is 1.26. The molecule has 0 heterocycles. The van der Waals surface area contributed by atoms with Crippen molar-refractivity contribution >= 4 is 32.6 Å². The molecule has 0 saturated heterocycles. The van der Waals surface area contributed by atoms with Gasteiger partial charge in [-0.1, -0.05) is 13.8 Å². The molecule has 0 aliphatic rings. The third-order valence-corrected chi connectivity index (χ3v) is 5.17. The molecule has 102 valence electrons. The van der Waals surface area contributed by atoms with Gasteiger partial charge in [0.25, 0.3) is 0 Å². The molecule has 1 rings (SSSR count). The van der Waals surface area contributed by atoms with E-state index in [9.17, 15) is 8.42 Å². The zero-order valence-corrected chi connectivity index (χ0v) is 13.9. The largest absolute Gasteiger partial charge is 0.496 e. The van der Waals surface area contributed by atoms with Crippen molar-refractivity contribution in [3.8, 4) is 5.75 Å². The Labute approximate surface area is 122 Å². The highest BCUT2D eigenvalue weighted by molar-refractivity contribution is 14.1. The van der Waals surface area contributed by atoms with Gasteiger partial charge in [-0.3, -0.25) is 0 Å². The molecule has 6 heteroatoms. The van der Waals surface area contributed by atoms with Crippen molar-refractivity contribution in [2.24, 2.45) is 5.92 Å². The second kappa shape index (κ2) is 6.21. The summed E-state index contributed by atoms with van der Waals surface area (Å²) in [4.78, 5) is 0.264. The van der Waals surface area contributed by atoms with Crippen LogP contribution in [0.25, 0.3) is 0 Å². The van der Waals surface area contributed by atoms with Gasteiger partial charge in [-0.25, -0.2) is 13.1 Å². The standard InChI is InChI=1S/C12H18INO3S/c1-8(2)9(3)14-18(15,16)10-5-6-12(17-4)11(13)7-10/h5-9,14H,1-4H3/t9-/m0/s1. The number of ether oxygens (including phenoxy) is 1. The average Bonchev–Trinajstić information content (AvgIpc) is 2.28. The summed E-state index contributed by atoms with van der Waals surface area (Å²) in [5, 5.41) is 0. The van der Waals surface area contributed by atoms with Crippen LogP contribution in [-0.2, 0) is 10.0 Å². The van der Waals surface area contributed by atoms with E-state index in [-0.39, 0.29) is 16.9 Å². The second-order valence-corrected chi connectivity index (χ2v) is 7.33. The molecule has 1 atom stereocenters. The molecule has 0 aliphatic carbocycles. The molecule has 0 unspecified atom stereocenters. The van der Waals surface area contributed by atoms with Gasteiger partial charge in [0.1, 0.15) is 5.75 Å². The van der Waals surface area contributed by atoms with E-state index in [1.165, 1.54) is 0 Å². The molecule has 0 bridgehead atoms. The van der Waals surface area contributed by atoms with Gasteiger partial charge in [0.15, 0.2) is 0 Å². The van der Waals surface area contributed by atoms with Crippen LogP contribution in [0.15, 0.2) is 23.1 Å². The van der Waals surface area contributed by atoms with Crippen molar-refractivity contribution in [2.75, 3.05) is 7.11 Å². The fourth-order valence-corrected chi connectivity index (χ4v) is 3.63. The topological polar surface area (TPSA) is 55.4 Å². The monoisotopic (exact) mass is 383 g/mol. The summed E-state index contributed by atoms with van der Waals surface area (Å²) in [6.07, 6.45) is 0. The van der Waals surface area contributed by atoms with Crippen LogP contribution in [-0.4, -0.2) is 21.6 Å². The van der Waals surface area contributed by atoms with Gasteiger partial charge in [0.05, 0.1) is 15.6 Å². The van der Waals surface area contributed by atoms with Crippen LogP contribution < -0.4 is 9.46 Å². The molecular weight excluding hydrogens is 365 g/mol. The summed E-state index contributed by atoms with van der Waals surface area (Å²) in [7, 11) is -1.90. The summed E-state index contributed by atoms with van der Waals surface area (Å²) in [6.45, 7) is 5.81. The molecule has 0 fully saturated rings. The van der Waals surface area contributed by atoms with Gasteiger partial charge >= 0.3 is 0 Å². The maximum Gasteiger partial charge on any atom is 0.240 e. The lowest BCUT2D eigenvalue weighted by atomic mass is 10.1. The lowest BCUT2D eigenvalue weighted by Gasteiger charge is -2.17. The molecular formula is C12H18INO3S. The van der Waals surface area contributed by atoms with E-state index in [0.29, 0.717) is 5.75 Å². The maximum atomic E-state index is 12.1. The molecule has 0 radical (unpaired) electrons. The van der Waals surface area contributed by atoms with E-state index in [0.717, 1.165) is 3.57 Å². The molecule has 4 nitrogen and oxygen atoms in total. The summed E-state index contributed by atoms with van der Waals surface area (Å²) >= 11 is 2.06. The van der Waals surface area contributed by atoms with Crippen LogP contribution in [0.5, 0.6) is 5.75 Å². The minimum Gasteiger partial charge on any atom is -0.496 e. The van der Waals surface area contributed by atoms with Crippen molar-refractivity contribution in [2.45, 2.75) is 31.7 Å². The molecule has 0 spiro atoms. The molecule has 1 aromatic rings. The first-order valence-corrected chi connectivity index (χ1v) is 8.20. The predicted octanol–water partition coefficient (Wildman–Crippen LogP) is 2.62. The Kier molecular flexibility index (Phi) is 5.42. The highest BCUT2D eigenvalue weighted by Gasteiger charge is 2.20. The van der Waals surface area contributed by atoms with Crippen LogP contribution in [0.4, 0.5) is 0 Å². The summed E-state index contributed by atoms with van der Waals surface area (Å²) < 4.78 is 32.8. The van der Waals surface area contributed by atoms with Gasteiger partial charge < -0.3 is 4.74 Å². The van der Waals surface area contributed by atoms with Crippen LogP contribution in [0, 0.1) is 9.49 Å². The van der Waals surface area contributed by atoms with E-state index in [4.69, 9.17) is 4.74 Å². The van der Waals surface area contributed by atoms with E-state index < -0.39 is 10.0 Å². The number of methoxy groups -OCH3 is 1. The first-order valence-electron chi connectivity index (χ1n) is 5.64. The fraction of sp³-hybridized carbons (Fsp3) is 0.500. The summed E-state index contributed by atoms with van der Waals surface area (Å²) in [6, 6.07) is 4.72. The SMILES string of the molecule is COc1ccc(S(=O)(=O)N[C@@H](C)C(C)C)cc1I. The van der Waals surface area contributed by atoms with Crippen LogP contribution in [0.1, 0.15) is 20.8 Å². The Balaban J connectivity index is 3.02. The molecule has 0 aromatic heterocycles. The van der Waals surface area contributed by atoms with Gasteiger partial charge in [0.2, 0.25) is 10.0 Å². The summed E-state index contributed by atoms with van der Waals surface area (Å²) in [5.74, 6) is 0.920. The number of sulfonamides is 1. The normalized spacial score (nSPS) is 13.7. The van der Waals surface area contributed by atoms with Gasteiger partial charge in [-0.15, -0.1) is 0 Å². The first kappa shape index (κ1) is 15.7. The lowest BCUT2D eigenvalue weighted by Crippen LogP contribution is -2.36. The molecule has 0 saturated carbocycles. The molecule has 0 amide bonds. The Bertz CT molecular complexity index is 514. The van der Waals surface area contributed by atoms with E-state index in [2.05, 4.69) is 27.3 Å². The Hall–Kier alpha value is -0.340. The highest BCUT2D eigenvalue weighted by Crippen LogP contribution is 2.24. The van der Waals surface area contributed by atoms with Gasteiger partial charge in [0, 0.05) is 6.04 Å². The number of rotatable bonds is 5. The lowest BCUT2D eigenvalue weighted by molar-refractivity contribution is 0.411. The van der Waals surface area contributed by atoms with Crippen molar-refractivity contribution < 1.29 is 13.2 Å². The smallest absolute Gasteiger partial charge is 0.240 e. The Morgan fingerprint density at radius 3 is 2.33 bits per heavy atom. The van der Waals surface area contributed by atoms with Gasteiger partial charge in [-0.05, 0) is 53.6 Å². The average molecular weight is 383 g/mol. The predicted molar refractivity (Wildman–Crippen MR) is 80.3 cm³/mol. The third kappa shape index (κ3) is 3.83. The number of halogens is 1. The number of hydrogen-bond acceptors (Lipinski definition) is 3.